The van der Waals surface area contributed by atoms with Crippen molar-refractivity contribution in [3.05, 3.63) is 12.2 Å². The van der Waals surface area contributed by atoms with Gasteiger partial charge >= 0.3 is 5.97 Å². The lowest BCUT2D eigenvalue weighted by Crippen LogP contribution is -2.63. The van der Waals surface area contributed by atoms with Crippen molar-refractivity contribution in [3.8, 4) is 0 Å². The zero-order chi connectivity index (χ0) is 67.6. The largest absolute Gasteiger partial charge is 0.478 e. The summed E-state index contributed by atoms with van der Waals surface area (Å²) >= 11 is 0. The number of carbonyl (C=O) groups is 12. The van der Waals surface area contributed by atoms with Gasteiger partial charge in [0, 0.05) is 55.4 Å². The second kappa shape index (κ2) is 35.4. The van der Waals surface area contributed by atoms with Gasteiger partial charge in [0.25, 0.3) is 0 Å². The third kappa shape index (κ3) is 22.5. The maximum atomic E-state index is 15.1. The number of carbonyl (C=O) groups excluding carboxylic acids is 11. The number of rotatable bonds is 16. The molecule has 0 aromatic carbocycles. The summed E-state index contributed by atoms with van der Waals surface area (Å²) in [5.74, 6) is -12.0. The van der Waals surface area contributed by atoms with Crippen LogP contribution in [0.25, 0.3) is 0 Å². The highest BCUT2D eigenvalue weighted by atomic mass is 16.4. The number of allylic oxidation sites excluding steroid dienone is 1. The van der Waals surface area contributed by atoms with Gasteiger partial charge in [0.05, 0.1) is 12.6 Å². The Labute approximate surface area is 517 Å². The molecule has 0 aromatic rings. The molecular weight excluding hydrogens is 1120 g/mol. The Balaban J connectivity index is 4.35. The molecule has 0 aliphatic carbocycles. The van der Waals surface area contributed by atoms with Crippen LogP contribution in [-0.4, -0.2) is 238 Å². The molecule has 2 unspecified atom stereocenters. The highest BCUT2D eigenvalue weighted by Crippen LogP contribution is 2.26. The summed E-state index contributed by atoms with van der Waals surface area (Å²) < 4.78 is 0. The first-order chi connectivity index (χ1) is 40.1. The van der Waals surface area contributed by atoms with E-state index >= 15 is 9.59 Å². The third-order valence-electron chi connectivity index (χ3n) is 16.1. The van der Waals surface area contributed by atoms with Gasteiger partial charge in [-0.05, 0) is 93.8 Å². The van der Waals surface area contributed by atoms with Crippen molar-refractivity contribution in [3.63, 3.8) is 0 Å². The SMILES string of the molecule is CC[C@@H]1NC(=O)C([C@H](O)[C@H](C)CC=CC(=O)O)N(C)C(=O)C(C(C)C)N(C)C(=O)[C@H](CC(C)C)N(C)C(=O)[C@H](CC(C)C)N(C)C(=O)[C@H](C)NC(=O)[C@H](C)NC(=O)[C@H](CC(C)C)N(C)C(=O)[C@H](C(C)C)NC(=O)[C@H](CC(C)C)N(C)C(=O)CN(C)C1=O. The zero-order valence-electron chi connectivity index (χ0n) is 56.4. The number of amides is 11. The van der Waals surface area contributed by atoms with Crippen LogP contribution in [0.3, 0.4) is 0 Å². The first kappa shape index (κ1) is 78.4. The molecule has 1 aliphatic heterocycles. The molecule has 1 aliphatic rings. The van der Waals surface area contributed by atoms with E-state index in [1.165, 1.54) is 101 Å². The van der Waals surface area contributed by atoms with E-state index in [1.54, 1.807) is 34.6 Å². The molecule has 0 spiro atoms. The van der Waals surface area contributed by atoms with Gasteiger partial charge in [0.15, 0.2) is 0 Å². The fraction of sp³-hybridized carbons (Fsp3) is 0.774. The summed E-state index contributed by atoms with van der Waals surface area (Å²) in [6.45, 7) is 26.9. The predicted octanol–water partition coefficient (Wildman–Crippen LogP) is 2.33. The standard InChI is InChI=1S/C62H109N11O14/c1-24-42-58(83)67(17)32-47(74)68(18)43(28-33(2)3)55(80)66-49(37(10)11)61(86)69(19)44(29-34(4)5)54(79)63-40(15)53(78)64-41(16)57(82)70(20)45(30-35(6)7)59(84)71(21)46(31-36(8)9)60(85)72(22)50(38(12)13)62(87)73(23)51(56(81)65-42)52(77)39(14)26-25-27-48(75)76/h25,27,33-46,49-52,77H,24,26,28-32H2,1-23H3,(H,63,79)(H,64,78)(H,65,81)(H,66,80)(H,75,76)/t39-,40+,41+,42+,43+,44+,45+,46+,49+,50?,51?,52-/m1/s1. The van der Waals surface area contributed by atoms with E-state index in [4.69, 9.17) is 0 Å². The van der Waals surface area contributed by atoms with Crippen LogP contribution in [0.4, 0.5) is 0 Å². The van der Waals surface area contributed by atoms with Crippen LogP contribution in [0, 0.1) is 41.4 Å². The maximum Gasteiger partial charge on any atom is 0.327 e. The molecule has 0 aromatic heterocycles. The molecule has 12 atom stereocenters. The average Bonchev–Trinajstić information content (AvgIpc) is 1.19. The van der Waals surface area contributed by atoms with Crippen LogP contribution >= 0.6 is 0 Å². The van der Waals surface area contributed by atoms with Crippen molar-refractivity contribution in [1.29, 1.82) is 0 Å². The smallest absolute Gasteiger partial charge is 0.327 e. The highest BCUT2D eigenvalue weighted by Gasteiger charge is 2.46. The Hall–Kier alpha value is -6.66. The molecule has 11 amide bonds. The molecule has 0 saturated carbocycles. The lowest BCUT2D eigenvalue weighted by Gasteiger charge is -2.41. The number of likely N-dealkylation sites (N-methyl/N-ethyl adjacent to an activating group) is 7. The van der Waals surface area contributed by atoms with E-state index in [1.807, 2.05) is 55.4 Å². The quantitative estimate of drug-likeness (QED) is 0.121. The highest BCUT2D eigenvalue weighted by molar-refractivity contribution is 5.99. The Morgan fingerprint density at radius 2 is 0.897 bits per heavy atom. The van der Waals surface area contributed by atoms with Crippen LogP contribution in [0.5, 0.6) is 0 Å². The number of carboxylic acids is 1. The van der Waals surface area contributed by atoms with Crippen molar-refractivity contribution in [2.75, 3.05) is 55.9 Å². The van der Waals surface area contributed by atoms with Gasteiger partial charge in [-0.2, -0.15) is 0 Å². The van der Waals surface area contributed by atoms with Gasteiger partial charge < -0.3 is 65.8 Å². The molecule has 1 heterocycles. The molecule has 6 N–H and O–H groups in total. The molecule has 25 nitrogen and oxygen atoms in total. The molecule has 25 heteroatoms. The van der Waals surface area contributed by atoms with Crippen LogP contribution < -0.4 is 21.3 Å². The summed E-state index contributed by atoms with van der Waals surface area (Å²) in [6, 6.07) is -12.9. The van der Waals surface area contributed by atoms with E-state index in [0.29, 0.717) is 0 Å². The van der Waals surface area contributed by atoms with Crippen molar-refractivity contribution in [2.24, 2.45) is 41.4 Å². The van der Waals surface area contributed by atoms with E-state index in [-0.39, 0.29) is 62.2 Å². The molecule has 0 bridgehead atoms. The molecule has 1 saturated heterocycles. The average molecular weight is 1230 g/mol. The third-order valence-corrected chi connectivity index (χ3v) is 16.1. The molecule has 0 radical (unpaired) electrons. The summed E-state index contributed by atoms with van der Waals surface area (Å²) in [4.78, 5) is 180. The number of nitrogens with zero attached hydrogens (tertiary/aromatic N) is 7. The van der Waals surface area contributed by atoms with Crippen molar-refractivity contribution >= 4 is 70.9 Å². The Morgan fingerprint density at radius 1 is 0.483 bits per heavy atom. The summed E-state index contributed by atoms with van der Waals surface area (Å²) in [5, 5.41) is 32.3. The fourth-order valence-electron chi connectivity index (χ4n) is 10.7. The number of hydrogen-bond acceptors (Lipinski definition) is 13. The molecule has 1 fully saturated rings. The fourth-order valence-corrected chi connectivity index (χ4v) is 10.7. The summed E-state index contributed by atoms with van der Waals surface area (Å²) in [7, 11) is 9.63. The minimum Gasteiger partial charge on any atom is -0.478 e. The van der Waals surface area contributed by atoms with Crippen molar-refractivity contribution in [1.82, 2.24) is 55.6 Å². The normalized spacial score (nSPS) is 26.5. The Morgan fingerprint density at radius 3 is 1.34 bits per heavy atom. The first-order valence-electron chi connectivity index (χ1n) is 30.7. The van der Waals surface area contributed by atoms with Gasteiger partial charge in [0.1, 0.15) is 60.4 Å². The Kier molecular flexibility index (Phi) is 31.8. The second-order valence-electron chi connectivity index (χ2n) is 26.3. The number of aliphatic carboxylic acids is 1. The molecular formula is C62H109N11O14. The van der Waals surface area contributed by atoms with E-state index in [9.17, 15) is 58.2 Å². The first-order valence-corrected chi connectivity index (χ1v) is 30.7. The zero-order valence-corrected chi connectivity index (χ0v) is 56.4. The number of aliphatic hydroxyl groups excluding tert-OH is 1. The van der Waals surface area contributed by atoms with E-state index in [0.717, 1.165) is 15.9 Å². The minimum absolute atomic E-state index is 0.0438. The summed E-state index contributed by atoms with van der Waals surface area (Å²) in [5.41, 5.74) is 0. The lowest BCUT2D eigenvalue weighted by atomic mass is 9.91. The van der Waals surface area contributed by atoms with Crippen LogP contribution in [0.1, 0.15) is 149 Å². The number of carboxylic acid groups (broad SMARTS) is 1. The van der Waals surface area contributed by atoms with E-state index in [2.05, 4.69) is 21.3 Å². The lowest BCUT2D eigenvalue weighted by molar-refractivity contribution is -0.157. The van der Waals surface area contributed by atoms with E-state index < -0.39 is 162 Å². The number of aliphatic hydroxyl groups is 1. The predicted molar refractivity (Wildman–Crippen MR) is 330 cm³/mol. The Bertz CT molecular complexity index is 2430. The number of nitrogens with one attached hydrogen (secondary N) is 4. The molecule has 87 heavy (non-hydrogen) atoms. The van der Waals surface area contributed by atoms with Crippen molar-refractivity contribution < 1.29 is 67.7 Å². The number of hydrogen-bond donors (Lipinski definition) is 6. The van der Waals surface area contributed by atoms with Crippen LogP contribution in [-0.2, 0) is 57.5 Å². The monoisotopic (exact) mass is 1230 g/mol. The van der Waals surface area contributed by atoms with Crippen molar-refractivity contribution in [2.45, 2.75) is 216 Å². The van der Waals surface area contributed by atoms with Gasteiger partial charge in [-0.15, -0.1) is 0 Å². The minimum atomic E-state index is -1.76. The van der Waals surface area contributed by atoms with Gasteiger partial charge in [-0.3, -0.25) is 52.7 Å². The van der Waals surface area contributed by atoms with Gasteiger partial charge in [-0.1, -0.05) is 103 Å². The van der Waals surface area contributed by atoms with Gasteiger partial charge in [-0.25, -0.2) is 4.79 Å². The summed E-state index contributed by atoms with van der Waals surface area (Å²) in [6.07, 6.45) is 0.834. The second-order valence-corrected chi connectivity index (χ2v) is 26.3. The maximum absolute atomic E-state index is 15.1. The van der Waals surface area contributed by atoms with Gasteiger partial charge in [0.2, 0.25) is 65.0 Å². The topological polar surface area (TPSA) is 316 Å². The van der Waals surface area contributed by atoms with Crippen LogP contribution in [0.15, 0.2) is 12.2 Å². The molecule has 1 rings (SSSR count). The molecule has 496 valence electrons. The van der Waals surface area contributed by atoms with Crippen LogP contribution in [0.2, 0.25) is 0 Å².